The highest BCUT2D eigenvalue weighted by molar-refractivity contribution is 4.52. The number of aliphatic hydroxyl groups excluding tert-OH is 3. The van der Waals surface area contributed by atoms with Crippen molar-refractivity contribution >= 4 is 0 Å². The smallest absolute Gasteiger partial charge is 0.100 e. The molecule has 0 aromatic carbocycles. The molecule has 74 valence electrons. The van der Waals surface area contributed by atoms with E-state index in [1.54, 1.807) is 12.2 Å². The molecule has 0 heterocycles. The first-order chi connectivity index (χ1) is 5.64. The third-order valence-electron chi connectivity index (χ3n) is 0.421. The Kier molecular flexibility index (Phi) is 32.6. The van der Waals surface area contributed by atoms with E-state index in [1.807, 2.05) is 13.8 Å². The average molecular weight is 176 g/mol. The van der Waals surface area contributed by atoms with Crippen molar-refractivity contribution in [2.75, 3.05) is 13.2 Å². The fourth-order valence-electron chi connectivity index (χ4n) is 0.0577. The molecule has 0 aliphatic heterocycles. The maximum atomic E-state index is 8.17. The van der Waals surface area contributed by atoms with E-state index in [9.17, 15) is 0 Å². The van der Waals surface area contributed by atoms with Crippen LogP contribution in [0.2, 0.25) is 0 Å². The van der Waals surface area contributed by atoms with Gasteiger partial charge in [0, 0.05) is 0 Å². The molecule has 0 radical (unpaired) electrons. The molecule has 3 heteroatoms. The molecule has 0 aromatic heterocycles. The number of allylic oxidation sites excluding steroid dienone is 2. The van der Waals surface area contributed by atoms with Gasteiger partial charge in [-0.2, -0.15) is 0 Å². The summed E-state index contributed by atoms with van der Waals surface area (Å²) in [6, 6.07) is 0. The van der Waals surface area contributed by atoms with Crippen molar-refractivity contribution in [1.29, 1.82) is 0 Å². The summed E-state index contributed by atoms with van der Waals surface area (Å²) in [5.41, 5.74) is 0. The lowest BCUT2D eigenvalue weighted by Gasteiger charge is -1.96. The van der Waals surface area contributed by atoms with Gasteiger partial charge >= 0.3 is 0 Å². The van der Waals surface area contributed by atoms with E-state index in [0.29, 0.717) is 0 Å². The lowest BCUT2D eigenvalue weighted by molar-refractivity contribution is 0.0450. The Morgan fingerprint density at radius 1 is 1.08 bits per heavy atom. The summed E-state index contributed by atoms with van der Waals surface area (Å²) in [4.78, 5) is 0. The van der Waals surface area contributed by atoms with Gasteiger partial charge in [0.15, 0.2) is 0 Å². The summed E-state index contributed by atoms with van der Waals surface area (Å²) in [6.45, 7) is 9.77. The summed E-state index contributed by atoms with van der Waals surface area (Å²) in [6.07, 6.45) is 2.55. The molecule has 0 aliphatic carbocycles. The summed E-state index contributed by atoms with van der Waals surface area (Å²) in [7, 11) is 0. The van der Waals surface area contributed by atoms with Crippen LogP contribution in [0.3, 0.4) is 0 Å². The number of aliphatic hydroxyl groups is 3. The molecule has 0 rings (SSSR count). The SMILES string of the molecule is C=CC.C=CC.OCC(O)CO. The van der Waals surface area contributed by atoms with Crippen LogP contribution in [0.5, 0.6) is 0 Å². The van der Waals surface area contributed by atoms with Gasteiger partial charge in [0.05, 0.1) is 13.2 Å². The Bertz CT molecular complexity index is 71.8. The summed E-state index contributed by atoms with van der Waals surface area (Å²) < 4.78 is 0. The molecular formula is C9H20O3. The maximum absolute atomic E-state index is 8.17. The number of hydrogen-bond donors (Lipinski definition) is 3. The van der Waals surface area contributed by atoms with Crippen molar-refractivity contribution in [1.82, 2.24) is 0 Å². The molecular weight excluding hydrogens is 156 g/mol. The highest BCUT2D eigenvalue weighted by Crippen LogP contribution is 1.71. The molecule has 12 heavy (non-hydrogen) atoms. The monoisotopic (exact) mass is 176 g/mol. The van der Waals surface area contributed by atoms with Gasteiger partial charge < -0.3 is 15.3 Å². The van der Waals surface area contributed by atoms with Crippen molar-refractivity contribution in [3.63, 3.8) is 0 Å². The standard InChI is InChI=1S/C3H8O3.2C3H6/c4-1-3(6)2-5;2*1-3-2/h3-6H,1-2H2;2*3H,1H2,2H3. The topological polar surface area (TPSA) is 60.7 Å². The average Bonchev–Trinajstić information content (AvgIpc) is 2.06. The second kappa shape index (κ2) is 22.4. The van der Waals surface area contributed by atoms with Crippen molar-refractivity contribution in [2.45, 2.75) is 20.0 Å². The summed E-state index contributed by atoms with van der Waals surface area (Å²) in [5, 5.41) is 24.0. The minimum Gasteiger partial charge on any atom is -0.394 e. The van der Waals surface area contributed by atoms with E-state index in [0.717, 1.165) is 0 Å². The minimum absolute atomic E-state index is 0.365. The first kappa shape index (κ1) is 17.4. The van der Waals surface area contributed by atoms with E-state index >= 15 is 0 Å². The van der Waals surface area contributed by atoms with Crippen LogP contribution in [0.4, 0.5) is 0 Å². The normalized spacial score (nSPS) is 7.17. The molecule has 0 unspecified atom stereocenters. The Hall–Kier alpha value is -0.640. The van der Waals surface area contributed by atoms with E-state index in [-0.39, 0.29) is 13.2 Å². The molecule has 0 saturated carbocycles. The van der Waals surface area contributed by atoms with E-state index in [4.69, 9.17) is 15.3 Å². The Morgan fingerprint density at radius 2 is 1.25 bits per heavy atom. The second-order valence-corrected chi connectivity index (χ2v) is 1.84. The fourth-order valence-corrected chi connectivity index (χ4v) is 0.0577. The van der Waals surface area contributed by atoms with Gasteiger partial charge in [0.1, 0.15) is 6.10 Å². The first-order valence-electron chi connectivity index (χ1n) is 3.68. The predicted molar refractivity (Wildman–Crippen MR) is 51.9 cm³/mol. The van der Waals surface area contributed by atoms with Gasteiger partial charge in [0.2, 0.25) is 0 Å². The zero-order valence-electron chi connectivity index (χ0n) is 7.90. The van der Waals surface area contributed by atoms with Crippen molar-refractivity contribution < 1.29 is 15.3 Å². The lowest BCUT2D eigenvalue weighted by Crippen LogP contribution is -2.15. The lowest BCUT2D eigenvalue weighted by atomic mass is 10.4. The van der Waals surface area contributed by atoms with Crippen LogP contribution in [0.1, 0.15) is 13.8 Å². The second-order valence-electron chi connectivity index (χ2n) is 1.84. The largest absolute Gasteiger partial charge is 0.394 e. The van der Waals surface area contributed by atoms with Crippen molar-refractivity contribution in [2.24, 2.45) is 0 Å². The third kappa shape index (κ3) is 57.9. The molecule has 0 aliphatic rings. The number of hydrogen-bond acceptors (Lipinski definition) is 3. The summed E-state index contributed by atoms with van der Waals surface area (Å²) >= 11 is 0. The molecule has 0 spiro atoms. The Labute approximate surface area is 74.7 Å². The van der Waals surface area contributed by atoms with Crippen LogP contribution >= 0.6 is 0 Å². The fraction of sp³-hybridized carbons (Fsp3) is 0.556. The molecule has 3 N–H and O–H groups in total. The van der Waals surface area contributed by atoms with E-state index in [2.05, 4.69) is 13.2 Å². The van der Waals surface area contributed by atoms with Gasteiger partial charge in [0.25, 0.3) is 0 Å². The maximum Gasteiger partial charge on any atom is 0.100 e. The molecule has 0 fully saturated rings. The van der Waals surface area contributed by atoms with Crippen LogP contribution in [0.15, 0.2) is 25.3 Å². The molecule has 0 saturated heterocycles. The zero-order chi connectivity index (χ0) is 10.4. The molecule has 0 bridgehead atoms. The summed E-state index contributed by atoms with van der Waals surface area (Å²) in [5.74, 6) is 0. The van der Waals surface area contributed by atoms with Crippen LogP contribution < -0.4 is 0 Å². The van der Waals surface area contributed by atoms with Crippen LogP contribution in [0, 0.1) is 0 Å². The minimum atomic E-state index is -0.954. The Balaban J connectivity index is -0.000000115. The van der Waals surface area contributed by atoms with E-state index in [1.165, 1.54) is 0 Å². The quantitative estimate of drug-likeness (QED) is 0.543. The third-order valence-corrected chi connectivity index (χ3v) is 0.421. The molecule has 0 atom stereocenters. The number of rotatable bonds is 2. The zero-order valence-corrected chi connectivity index (χ0v) is 7.90. The van der Waals surface area contributed by atoms with Crippen LogP contribution in [-0.2, 0) is 0 Å². The van der Waals surface area contributed by atoms with Gasteiger partial charge in [-0.3, -0.25) is 0 Å². The van der Waals surface area contributed by atoms with Crippen LogP contribution in [0.25, 0.3) is 0 Å². The highest BCUT2D eigenvalue weighted by atomic mass is 16.3. The van der Waals surface area contributed by atoms with Gasteiger partial charge in [-0.1, -0.05) is 12.2 Å². The van der Waals surface area contributed by atoms with Crippen molar-refractivity contribution in [3.8, 4) is 0 Å². The molecule has 0 amide bonds. The van der Waals surface area contributed by atoms with Gasteiger partial charge in [-0.25, -0.2) is 0 Å². The van der Waals surface area contributed by atoms with Gasteiger partial charge in [-0.05, 0) is 13.8 Å². The Morgan fingerprint density at radius 3 is 1.25 bits per heavy atom. The van der Waals surface area contributed by atoms with Gasteiger partial charge in [-0.15, -0.1) is 13.2 Å². The molecule has 0 aromatic rings. The molecule has 3 nitrogen and oxygen atoms in total. The highest BCUT2D eigenvalue weighted by Gasteiger charge is 1.93. The first-order valence-corrected chi connectivity index (χ1v) is 3.68. The van der Waals surface area contributed by atoms with Crippen molar-refractivity contribution in [3.05, 3.63) is 25.3 Å². The van der Waals surface area contributed by atoms with Crippen LogP contribution in [-0.4, -0.2) is 34.6 Å². The van der Waals surface area contributed by atoms with E-state index < -0.39 is 6.10 Å². The predicted octanol–water partition coefficient (Wildman–Crippen LogP) is 0.716.